The Labute approximate surface area is 335 Å². The molecule has 8 N–H and O–H groups in total. The number of hydrogen-bond acceptors (Lipinski definition) is 16. The number of amides is 1. The molecule has 318 valence electrons. The van der Waals surface area contributed by atoms with Crippen molar-refractivity contribution in [1.82, 2.24) is 5.32 Å². The molecule has 17 heteroatoms. The SMILES string of the molecule is CC(=O)N[C@H]1[C@H](O[C@@H]2[C@@H](OCc3ccccc3)[C@H](O)O[C@H](COCc3ccccc3)[C@@H]2OCc2ccccc2)O[C@H](CO)[C@@H](O[C@@H]2O[C@H](CO)[C@H](O)[C@H](O)[C@H]2O)[C@@H]1O. The third-order valence-corrected chi connectivity index (χ3v) is 10.2. The summed E-state index contributed by atoms with van der Waals surface area (Å²) in [5, 5.41) is 77.6. The highest BCUT2D eigenvalue weighted by Gasteiger charge is 2.55. The van der Waals surface area contributed by atoms with E-state index in [4.69, 9.17) is 37.9 Å². The van der Waals surface area contributed by atoms with Gasteiger partial charge in [-0.05, 0) is 16.7 Å². The lowest BCUT2D eigenvalue weighted by Gasteiger charge is -2.50. The Morgan fingerprint density at radius 3 is 1.64 bits per heavy atom. The topological polar surface area (TPSA) is 245 Å². The monoisotopic (exact) mass is 815 g/mol. The van der Waals surface area contributed by atoms with Gasteiger partial charge in [0.05, 0.1) is 39.6 Å². The minimum absolute atomic E-state index is 0.0178. The van der Waals surface area contributed by atoms with Gasteiger partial charge in [0.2, 0.25) is 5.91 Å². The van der Waals surface area contributed by atoms with E-state index < -0.39 is 111 Å². The highest BCUT2D eigenvalue weighted by molar-refractivity contribution is 5.73. The second-order valence-electron chi connectivity index (χ2n) is 14.4. The van der Waals surface area contributed by atoms with E-state index in [-0.39, 0.29) is 26.4 Å². The molecule has 0 unspecified atom stereocenters. The number of aliphatic hydroxyl groups is 7. The van der Waals surface area contributed by atoms with Gasteiger partial charge in [0.1, 0.15) is 73.2 Å². The molecule has 3 aliphatic heterocycles. The smallest absolute Gasteiger partial charge is 0.217 e. The van der Waals surface area contributed by atoms with Crippen molar-refractivity contribution in [2.45, 2.75) is 119 Å². The molecule has 0 aromatic heterocycles. The summed E-state index contributed by atoms with van der Waals surface area (Å²) in [6, 6.07) is 26.5. The summed E-state index contributed by atoms with van der Waals surface area (Å²) in [5.41, 5.74) is 2.49. The Balaban J connectivity index is 1.30. The number of rotatable bonds is 17. The molecule has 0 radical (unpaired) electrons. The molecule has 3 saturated heterocycles. The first kappa shape index (κ1) is 44.1. The van der Waals surface area contributed by atoms with Crippen LogP contribution in [0.3, 0.4) is 0 Å². The Morgan fingerprint density at radius 1 is 0.569 bits per heavy atom. The van der Waals surface area contributed by atoms with E-state index in [1.807, 2.05) is 91.0 Å². The van der Waals surface area contributed by atoms with Gasteiger partial charge in [-0.15, -0.1) is 0 Å². The van der Waals surface area contributed by atoms with Gasteiger partial charge in [-0.2, -0.15) is 0 Å². The van der Waals surface area contributed by atoms with Crippen LogP contribution in [-0.4, -0.2) is 154 Å². The van der Waals surface area contributed by atoms with E-state index >= 15 is 0 Å². The molecule has 58 heavy (non-hydrogen) atoms. The van der Waals surface area contributed by atoms with Gasteiger partial charge in [0.15, 0.2) is 18.9 Å². The van der Waals surface area contributed by atoms with Crippen molar-refractivity contribution in [2.75, 3.05) is 19.8 Å². The van der Waals surface area contributed by atoms with Gasteiger partial charge in [0.25, 0.3) is 0 Å². The molecule has 0 spiro atoms. The van der Waals surface area contributed by atoms with E-state index in [0.717, 1.165) is 16.7 Å². The Kier molecular flexibility index (Phi) is 16.1. The third kappa shape index (κ3) is 11.0. The summed E-state index contributed by atoms with van der Waals surface area (Å²) >= 11 is 0. The molecule has 1 amide bonds. The van der Waals surface area contributed by atoms with Crippen LogP contribution in [0.4, 0.5) is 0 Å². The molecule has 3 aromatic rings. The van der Waals surface area contributed by atoms with Crippen molar-refractivity contribution < 1.29 is 78.4 Å². The van der Waals surface area contributed by atoms with Crippen molar-refractivity contribution in [1.29, 1.82) is 0 Å². The van der Waals surface area contributed by atoms with Crippen LogP contribution in [-0.2, 0) is 62.5 Å². The van der Waals surface area contributed by atoms with E-state index in [0.29, 0.717) is 0 Å². The maximum atomic E-state index is 12.6. The van der Waals surface area contributed by atoms with Gasteiger partial charge >= 0.3 is 0 Å². The average Bonchev–Trinajstić information content (AvgIpc) is 3.23. The standard InChI is InChI=1S/C41H53NO16/c1-23(45)42-30-32(47)35(57-41-34(49)33(48)31(46)27(17-43)55-41)28(18-44)56-40(30)58-37-36(52-20-25-13-7-3-8-14-25)29(22-51-19-24-11-5-2-6-12-24)54-39(50)38(37)53-21-26-15-9-4-10-16-26/h2-16,27-41,43-44,46-50H,17-22H2,1H3,(H,42,45)/t27-,28-,29-,30-,31+,32-,33+,34-,35-,36+,37+,38-,39-,40+,41+/m1/s1. The van der Waals surface area contributed by atoms with Gasteiger partial charge in [-0.3, -0.25) is 4.79 Å². The van der Waals surface area contributed by atoms with E-state index in [1.54, 1.807) is 0 Å². The maximum absolute atomic E-state index is 12.6. The third-order valence-electron chi connectivity index (χ3n) is 10.2. The molecule has 6 rings (SSSR count). The largest absolute Gasteiger partial charge is 0.394 e. The molecule has 17 nitrogen and oxygen atoms in total. The molecule has 3 aliphatic rings. The number of benzene rings is 3. The Hall–Kier alpha value is -3.47. The predicted octanol–water partition coefficient (Wildman–Crippen LogP) is -0.756. The van der Waals surface area contributed by atoms with Crippen LogP contribution in [0.15, 0.2) is 91.0 Å². The van der Waals surface area contributed by atoms with Crippen LogP contribution in [0.1, 0.15) is 23.6 Å². The Morgan fingerprint density at radius 2 is 1.09 bits per heavy atom. The number of hydrogen-bond donors (Lipinski definition) is 8. The summed E-state index contributed by atoms with van der Waals surface area (Å²) in [6.45, 7) is -0.0663. The number of nitrogens with one attached hydrogen (secondary N) is 1. The van der Waals surface area contributed by atoms with Crippen LogP contribution in [0.2, 0.25) is 0 Å². The molecule has 0 aliphatic carbocycles. The molecule has 0 saturated carbocycles. The molecule has 3 aromatic carbocycles. The fourth-order valence-corrected chi connectivity index (χ4v) is 7.19. The van der Waals surface area contributed by atoms with E-state index in [1.165, 1.54) is 6.92 Å². The van der Waals surface area contributed by atoms with Crippen molar-refractivity contribution in [3.8, 4) is 0 Å². The zero-order valence-corrected chi connectivity index (χ0v) is 31.9. The normalized spacial score (nSPS) is 35.3. The van der Waals surface area contributed by atoms with Crippen molar-refractivity contribution in [2.24, 2.45) is 0 Å². The van der Waals surface area contributed by atoms with Crippen LogP contribution in [0.5, 0.6) is 0 Å². The van der Waals surface area contributed by atoms with Gasteiger partial charge in [-0.1, -0.05) is 91.0 Å². The fraction of sp³-hybridized carbons (Fsp3) is 0.537. The highest BCUT2D eigenvalue weighted by atomic mass is 16.8. The minimum atomic E-state index is -1.84. The number of aliphatic hydroxyl groups excluding tert-OH is 7. The fourth-order valence-electron chi connectivity index (χ4n) is 7.19. The molecular formula is C41H53NO16. The lowest BCUT2D eigenvalue weighted by Crippen LogP contribution is -2.69. The quantitative estimate of drug-likeness (QED) is 0.0836. The molecule has 0 bridgehead atoms. The summed E-state index contributed by atoms with van der Waals surface area (Å²) < 4.78 is 49.3. The van der Waals surface area contributed by atoms with Crippen LogP contribution < -0.4 is 5.32 Å². The van der Waals surface area contributed by atoms with Gasteiger partial charge in [-0.25, -0.2) is 0 Å². The van der Waals surface area contributed by atoms with Crippen LogP contribution in [0, 0.1) is 0 Å². The summed E-state index contributed by atoms with van der Waals surface area (Å²) in [7, 11) is 0. The van der Waals surface area contributed by atoms with Crippen LogP contribution in [0.25, 0.3) is 0 Å². The summed E-state index contributed by atoms with van der Waals surface area (Å²) in [5.74, 6) is -0.608. The first-order chi connectivity index (χ1) is 28.1. The summed E-state index contributed by atoms with van der Waals surface area (Å²) in [6.07, 6.45) is -20.6. The zero-order chi connectivity index (χ0) is 41.2. The first-order valence-electron chi connectivity index (χ1n) is 19.2. The van der Waals surface area contributed by atoms with E-state index in [9.17, 15) is 40.5 Å². The summed E-state index contributed by atoms with van der Waals surface area (Å²) in [4.78, 5) is 12.6. The second-order valence-corrected chi connectivity index (χ2v) is 14.4. The maximum Gasteiger partial charge on any atom is 0.217 e. The lowest BCUT2D eigenvalue weighted by atomic mass is 9.94. The highest BCUT2D eigenvalue weighted by Crippen LogP contribution is 2.35. The number of ether oxygens (including phenoxy) is 8. The minimum Gasteiger partial charge on any atom is -0.394 e. The van der Waals surface area contributed by atoms with Gasteiger partial charge < -0.3 is 79.0 Å². The molecular weight excluding hydrogens is 762 g/mol. The molecule has 3 fully saturated rings. The number of carbonyl (C=O) groups excluding carboxylic acids is 1. The molecule has 15 atom stereocenters. The van der Waals surface area contributed by atoms with Crippen molar-refractivity contribution >= 4 is 5.91 Å². The second kappa shape index (κ2) is 21.2. The van der Waals surface area contributed by atoms with Crippen LogP contribution >= 0.6 is 0 Å². The van der Waals surface area contributed by atoms with Crippen molar-refractivity contribution in [3.63, 3.8) is 0 Å². The molecule has 3 heterocycles. The first-order valence-corrected chi connectivity index (χ1v) is 19.2. The van der Waals surface area contributed by atoms with Gasteiger partial charge in [0, 0.05) is 6.92 Å². The Bertz CT molecular complexity index is 1660. The zero-order valence-electron chi connectivity index (χ0n) is 31.9. The van der Waals surface area contributed by atoms with E-state index in [2.05, 4.69) is 5.32 Å². The number of carbonyl (C=O) groups is 1. The average molecular weight is 816 g/mol. The van der Waals surface area contributed by atoms with Crippen molar-refractivity contribution in [3.05, 3.63) is 108 Å². The lowest BCUT2D eigenvalue weighted by molar-refractivity contribution is -0.371. The predicted molar refractivity (Wildman–Crippen MR) is 200 cm³/mol.